The summed E-state index contributed by atoms with van der Waals surface area (Å²) in [4.78, 5) is 17.0. The van der Waals surface area contributed by atoms with Gasteiger partial charge in [-0.3, -0.25) is 9.78 Å². The van der Waals surface area contributed by atoms with Gasteiger partial charge >= 0.3 is 0 Å². The number of carbonyl (C=O) groups is 1. The second-order valence-corrected chi connectivity index (χ2v) is 8.16. The summed E-state index contributed by atoms with van der Waals surface area (Å²) in [5, 5.41) is 3.69. The zero-order valence-electron chi connectivity index (χ0n) is 15.8. The van der Waals surface area contributed by atoms with Gasteiger partial charge in [-0.05, 0) is 44.2 Å². The average molecular weight is 399 g/mol. The highest BCUT2D eigenvalue weighted by Crippen LogP contribution is 2.26. The molecule has 0 fully saturated rings. The molecule has 8 heteroatoms. The average Bonchev–Trinajstić information content (AvgIpc) is 2.66. The highest BCUT2D eigenvalue weighted by molar-refractivity contribution is 7.89. The van der Waals surface area contributed by atoms with Crippen LogP contribution in [0.3, 0.4) is 0 Å². The molecule has 0 atom stereocenters. The van der Waals surface area contributed by atoms with Crippen molar-refractivity contribution in [1.82, 2.24) is 9.71 Å². The Bertz CT molecular complexity index is 1120. The third-order valence-corrected chi connectivity index (χ3v) is 5.67. The quantitative estimate of drug-likeness (QED) is 0.663. The number of benzene rings is 2. The van der Waals surface area contributed by atoms with Crippen LogP contribution in [0.4, 0.5) is 5.69 Å². The molecule has 0 unspecified atom stereocenters. The molecular weight excluding hydrogens is 378 g/mol. The van der Waals surface area contributed by atoms with Crippen molar-refractivity contribution >= 4 is 32.5 Å². The predicted molar refractivity (Wildman–Crippen MR) is 108 cm³/mol. The molecule has 0 radical (unpaired) electrons. The van der Waals surface area contributed by atoms with E-state index in [0.717, 1.165) is 5.39 Å². The van der Waals surface area contributed by atoms with E-state index in [1.54, 1.807) is 26.1 Å². The molecule has 0 aliphatic heterocycles. The van der Waals surface area contributed by atoms with Gasteiger partial charge in [-0.15, -0.1) is 0 Å². The van der Waals surface area contributed by atoms with Gasteiger partial charge in [0, 0.05) is 23.2 Å². The van der Waals surface area contributed by atoms with Gasteiger partial charge in [-0.2, -0.15) is 0 Å². The Kier molecular flexibility index (Phi) is 5.62. The van der Waals surface area contributed by atoms with Crippen molar-refractivity contribution in [2.75, 3.05) is 12.4 Å². The third kappa shape index (κ3) is 4.13. The molecule has 0 saturated heterocycles. The van der Waals surface area contributed by atoms with E-state index < -0.39 is 15.9 Å². The summed E-state index contributed by atoms with van der Waals surface area (Å²) in [5.74, 6) is -0.279. The van der Waals surface area contributed by atoms with Crippen LogP contribution in [-0.4, -0.2) is 32.5 Å². The fraction of sp³-hybridized carbons (Fsp3) is 0.200. The van der Waals surface area contributed by atoms with Crippen LogP contribution in [-0.2, 0) is 10.0 Å². The fourth-order valence-electron chi connectivity index (χ4n) is 2.80. The number of nitrogens with one attached hydrogen (secondary N) is 2. The molecule has 1 aromatic heterocycles. The van der Waals surface area contributed by atoms with Gasteiger partial charge in [0.15, 0.2) is 0 Å². The minimum absolute atomic E-state index is 0.0904. The normalized spacial score (nSPS) is 11.6. The molecule has 28 heavy (non-hydrogen) atoms. The number of nitrogens with zero attached hydrogens (tertiary/aromatic N) is 1. The summed E-state index contributed by atoms with van der Waals surface area (Å²) >= 11 is 0. The molecule has 2 N–H and O–H groups in total. The second kappa shape index (κ2) is 7.95. The molecule has 0 aliphatic rings. The number of rotatable bonds is 6. The summed E-state index contributed by atoms with van der Waals surface area (Å²) in [6.07, 6.45) is 1.65. The molecule has 3 aromatic rings. The number of sulfonamides is 1. The van der Waals surface area contributed by atoms with E-state index in [2.05, 4.69) is 15.0 Å². The van der Waals surface area contributed by atoms with Crippen LogP contribution in [0.1, 0.15) is 24.2 Å². The van der Waals surface area contributed by atoms with Crippen molar-refractivity contribution in [3.8, 4) is 5.75 Å². The first-order valence-electron chi connectivity index (χ1n) is 8.67. The number of para-hydroxylation sites is 1. The van der Waals surface area contributed by atoms with Gasteiger partial charge in [0.2, 0.25) is 10.0 Å². The zero-order chi connectivity index (χ0) is 20.3. The molecule has 0 aliphatic carbocycles. The van der Waals surface area contributed by atoms with Gasteiger partial charge in [0.1, 0.15) is 10.6 Å². The van der Waals surface area contributed by atoms with Crippen LogP contribution in [0.2, 0.25) is 0 Å². The number of aromatic nitrogens is 1. The lowest BCUT2D eigenvalue weighted by molar-refractivity contribution is 0.102. The van der Waals surface area contributed by atoms with Crippen molar-refractivity contribution in [2.45, 2.75) is 24.8 Å². The van der Waals surface area contributed by atoms with Crippen LogP contribution in [0.15, 0.2) is 59.6 Å². The smallest absolute Gasteiger partial charge is 0.255 e. The Balaban J connectivity index is 1.97. The van der Waals surface area contributed by atoms with E-state index in [1.165, 1.54) is 25.3 Å². The Morgan fingerprint density at radius 2 is 1.86 bits per heavy atom. The maximum Gasteiger partial charge on any atom is 0.255 e. The Morgan fingerprint density at radius 3 is 2.57 bits per heavy atom. The fourth-order valence-corrected chi connectivity index (χ4v) is 4.25. The molecule has 0 spiro atoms. The summed E-state index contributed by atoms with van der Waals surface area (Å²) in [7, 11) is -2.45. The van der Waals surface area contributed by atoms with Crippen LogP contribution in [0.5, 0.6) is 5.75 Å². The number of fused-ring (bicyclic) bond motifs is 1. The van der Waals surface area contributed by atoms with Crippen LogP contribution in [0.25, 0.3) is 10.9 Å². The Morgan fingerprint density at radius 1 is 1.11 bits per heavy atom. The first-order chi connectivity index (χ1) is 13.3. The van der Waals surface area contributed by atoms with Crippen molar-refractivity contribution in [2.24, 2.45) is 0 Å². The SMILES string of the molecule is COc1ccc(C(=O)Nc2cccc3cccnc23)cc1S(=O)(=O)NC(C)C. The lowest BCUT2D eigenvalue weighted by atomic mass is 10.1. The van der Waals surface area contributed by atoms with Gasteiger partial charge in [0.25, 0.3) is 5.91 Å². The Hall–Kier alpha value is -2.97. The summed E-state index contributed by atoms with van der Waals surface area (Å²) < 4.78 is 32.9. The van der Waals surface area contributed by atoms with E-state index >= 15 is 0 Å². The van der Waals surface area contributed by atoms with Gasteiger partial charge < -0.3 is 10.1 Å². The summed E-state index contributed by atoms with van der Waals surface area (Å²) in [5.41, 5.74) is 1.39. The number of methoxy groups -OCH3 is 1. The number of hydrogen-bond donors (Lipinski definition) is 2. The lowest BCUT2D eigenvalue weighted by Crippen LogP contribution is -2.30. The van der Waals surface area contributed by atoms with Gasteiger partial charge in [-0.25, -0.2) is 13.1 Å². The molecule has 0 saturated carbocycles. The van der Waals surface area contributed by atoms with Crippen LogP contribution in [0, 0.1) is 0 Å². The number of pyridine rings is 1. The molecule has 1 amide bonds. The first kappa shape index (κ1) is 19.8. The van der Waals surface area contributed by atoms with Crippen molar-refractivity contribution < 1.29 is 17.9 Å². The van der Waals surface area contributed by atoms with E-state index in [9.17, 15) is 13.2 Å². The predicted octanol–water partition coefficient (Wildman–Crippen LogP) is 3.18. The molecule has 146 valence electrons. The van der Waals surface area contributed by atoms with E-state index in [0.29, 0.717) is 11.2 Å². The standard InChI is InChI=1S/C20H21N3O4S/c1-13(2)23-28(25,26)18-12-15(9-10-17(18)27-3)20(24)22-16-8-4-6-14-7-5-11-21-19(14)16/h4-13,23H,1-3H3,(H,22,24). The largest absolute Gasteiger partial charge is 0.495 e. The number of carbonyl (C=O) groups excluding carboxylic acids is 1. The van der Waals surface area contributed by atoms with Crippen LogP contribution < -0.4 is 14.8 Å². The summed E-state index contributed by atoms with van der Waals surface area (Å²) in [6.45, 7) is 3.43. The molecule has 7 nitrogen and oxygen atoms in total. The van der Waals surface area contributed by atoms with E-state index in [4.69, 9.17) is 4.74 Å². The number of anilines is 1. The summed E-state index contributed by atoms with van der Waals surface area (Å²) in [6, 6.07) is 13.2. The first-order valence-corrected chi connectivity index (χ1v) is 10.2. The number of ether oxygens (including phenoxy) is 1. The lowest BCUT2D eigenvalue weighted by Gasteiger charge is -2.14. The zero-order valence-corrected chi connectivity index (χ0v) is 16.6. The topological polar surface area (TPSA) is 97.4 Å². The van der Waals surface area contributed by atoms with Gasteiger partial charge in [0.05, 0.1) is 18.3 Å². The molecule has 2 aromatic carbocycles. The van der Waals surface area contributed by atoms with E-state index in [-0.39, 0.29) is 22.3 Å². The molecule has 1 heterocycles. The third-order valence-electron chi connectivity index (χ3n) is 3.99. The maximum absolute atomic E-state index is 12.8. The minimum atomic E-state index is -3.83. The van der Waals surface area contributed by atoms with Crippen molar-refractivity contribution in [3.05, 3.63) is 60.3 Å². The molecule has 3 rings (SSSR count). The van der Waals surface area contributed by atoms with Crippen LogP contribution >= 0.6 is 0 Å². The van der Waals surface area contributed by atoms with Crippen molar-refractivity contribution in [1.29, 1.82) is 0 Å². The highest BCUT2D eigenvalue weighted by Gasteiger charge is 2.22. The highest BCUT2D eigenvalue weighted by atomic mass is 32.2. The van der Waals surface area contributed by atoms with E-state index in [1.807, 2.05) is 24.3 Å². The maximum atomic E-state index is 12.8. The number of amides is 1. The molecular formula is C20H21N3O4S. The van der Waals surface area contributed by atoms with Gasteiger partial charge in [-0.1, -0.05) is 18.2 Å². The minimum Gasteiger partial charge on any atom is -0.495 e. The Labute approximate surface area is 163 Å². The molecule has 0 bridgehead atoms. The second-order valence-electron chi connectivity index (χ2n) is 6.48. The van der Waals surface area contributed by atoms with Crippen molar-refractivity contribution in [3.63, 3.8) is 0 Å². The number of hydrogen-bond acceptors (Lipinski definition) is 5. The monoisotopic (exact) mass is 399 g/mol.